The minimum atomic E-state index is -3.82. The molecule has 7 nitrogen and oxygen atoms in total. The molecule has 1 aliphatic carbocycles. The number of aromatic nitrogens is 3. The maximum atomic E-state index is 13.7. The molecule has 1 N–H and O–H groups in total. The fraction of sp³-hybridized carbons (Fsp3) is 0.409. The van der Waals surface area contributed by atoms with E-state index < -0.39 is 20.5 Å². The highest BCUT2D eigenvalue weighted by Gasteiger charge is 2.53. The monoisotopic (exact) mass is 426 g/mol. The number of pyridine rings is 1. The summed E-state index contributed by atoms with van der Waals surface area (Å²) in [5, 5.41) is 11.2. The Balaban J connectivity index is 1.56. The number of fused-ring (bicyclic) bond motifs is 1. The summed E-state index contributed by atoms with van der Waals surface area (Å²) in [6, 6.07) is 11.0. The number of sulfone groups is 1. The molecular weight excluding hydrogens is 400 g/mol. The smallest absolute Gasteiger partial charge is 0.241 e. The Kier molecular flexibility index (Phi) is 5.36. The number of hydrogen-bond acceptors (Lipinski definition) is 5. The topological polar surface area (TPSA) is 93.4 Å². The first kappa shape index (κ1) is 20.5. The van der Waals surface area contributed by atoms with E-state index in [-0.39, 0.29) is 4.90 Å². The number of nitrogens with one attached hydrogen (secondary N) is 1. The van der Waals surface area contributed by atoms with Gasteiger partial charge in [-0.2, -0.15) is 0 Å². The van der Waals surface area contributed by atoms with Crippen LogP contribution in [0.5, 0.6) is 0 Å². The third-order valence-electron chi connectivity index (χ3n) is 5.99. The van der Waals surface area contributed by atoms with E-state index in [0.29, 0.717) is 31.4 Å². The summed E-state index contributed by atoms with van der Waals surface area (Å²) in [4.78, 5) is 13.5. The minimum Gasteiger partial charge on any atom is -0.354 e. The van der Waals surface area contributed by atoms with Crippen LogP contribution in [0.3, 0.4) is 0 Å². The standard InChI is InChI=1S/C22H26N4O3S/c1-16-8-9-17(2)18(15-16)30(28,29)22(11-4-5-12-22)21(27)23-13-10-20-25-24-19-7-3-6-14-26(19)20/h3,6-9,14-15H,4-5,10-13H2,1-2H3,(H,23,27). The molecule has 0 radical (unpaired) electrons. The van der Waals surface area contributed by atoms with Gasteiger partial charge >= 0.3 is 0 Å². The number of aryl methyl sites for hydroxylation is 2. The Labute approximate surface area is 176 Å². The van der Waals surface area contributed by atoms with E-state index in [1.54, 1.807) is 19.1 Å². The molecule has 0 bridgehead atoms. The fourth-order valence-corrected chi connectivity index (χ4v) is 6.68. The van der Waals surface area contributed by atoms with Gasteiger partial charge in [-0.3, -0.25) is 9.20 Å². The molecule has 3 aromatic rings. The van der Waals surface area contributed by atoms with Crippen molar-refractivity contribution < 1.29 is 13.2 Å². The number of nitrogens with zero attached hydrogens (tertiary/aromatic N) is 3. The van der Waals surface area contributed by atoms with Crippen molar-refractivity contribution in [1.82, 2.24) is 19.9 Å². The molecule has 30 heavy (non-hydrogen) atoms. The number of carbonyl (C=O) groups excluding carboxylic acids is 1. The zero-order chi connectivity index (χ0) is 21.4. The maximum Gasteiger partial charge on any atom is 0.241 e. The van der Waals surface area contributed by atoms with Crippen molar-refractivity contribution in [3.05, 3.63) is 59.5 Å². The molecule has 1 saturated carbocycles. The third-order valence-corrected chi connectivity index (χ3v) is 8.63. The van der Waals surface area contributed by atoms with Gasteiger partial charge in [0.05, 0.1) is 4.90 Å². The molecule has 0 unspecified atom stereocenters. The highest BCUT2D eigenvalue weighted by atomic mass is 32.2. The molecule has 0 saturated heterocycles. The summed E-state index contributed by atoms with van der Waals surface area (Å²) in [6.45, 7) is 3.95. The predicted octanol–water partition coefficient (Wildman–Crippen LogP) is 2.79. The molecule has 2 heterocycles. The molecule has 2 aromatic heterocycles. The van der Waals surface area contributed by atoms with Crippen molar-refractivity contribution in [2.24, 2.45) is 0 Å². The van der Waals surface area contributed by atoms with Crippen LogP contribution in [0.15, 0.2) is 47.5 Å². The van der Waals surface area contributed by atoms with Crippen molar-refractivity contribution in [1.29, 1.82) is 0 Å². The average Bonchev–Trinajstić information content (AvgIpc) is 3.38. The molecule has 8 heteroatoms. The van der Waals surface area contributed by atoms with Crippen molar-refractivity contribution >= 4 is 21.4 Å². The SMILES string of the molecule is Cc1ccc(C)c(S(=O)(=O)C2(C(=O)NCCc3nnc4ccccn34)CCCC2)c1. The summed E-state index contributed by atoms with van der Waals surface area (Å²) in [5.41, 5.74) is 2.28. The quantitative estimate of drug-likeness (QED) is 0.654. The van der Waals surface area contributed by atoms with Crippen LogP contribution >= 0.6 is 0 Å². The highest BCUT2D eigenvalue weighted by Crippen LogP contribution is 2.41. The average molecular weight is 427 g/mol. The van der Waals surface area contributed by atoms with Gasteiger partial charge in [-0.25, -0.2) is 8.42 Å². The van der Waals surface area contributed by atoms with Crippen LogP contribution < -0.4 is 5.32 Å². The molecule has 1 amide bonds. The van der Waals surface area contributed by atoms with Gasteiger partial charge in [-0.1, -0.05) is 31.0 Å². The van der Waals surface area contributed by atoms with E-state index in [9.17, 15) is 13.2 Å². The van der Waals surface area contributed by atoms with Gasteiger partial charge in [0, 0.05) is 19.2 Å². The summed E-state index contributed by atoms with van der Waals surface area (Å²) >= 11 is 0. The normalized spacial score (nSPS) is 16.1. The summed E-state index contributed by atoms with van der Waals surface area (Å²) in [5.74, 6) is 0.318. The van der Waals surface area contributed by atoms with E-state index in [4.69, 9.17) is 0 Å². The first-order valence-electron chi connectivity index (χ1n) is 10.2. The highest BCUT2D eigenvalue weighted by molar-refractivity contribution is 7.93. The van der Waals surface area contributed by atoms with Crippen LogP contribution in [0.2, 0.25) is 0 Å². The summed E-state index contributed by atoms with van der Waals surface area (Å²) in [7, 11) is -3.82. The van der Waals surface area contributed by atoms with Gasteiger partial charge in [0.15, 0.2) is 20.2 Å². The molecule has 0 aliphatic heterocycles. The maximum absolute atomic E-state index is 13.7. The molecule has 0 spiro atoms. The van der Waals surface area contributed by atoms with Gasteiger partial charge in [0.2, 0.25) is 5.91 Å². The zero-order valence-corrected chi connectivity index (χ0v) is 18.1. The van der Waals surface area contributed by atoms with E-state index >= 15 is 0 Å². The van der Waals surface area contributed by atoms with Crippen LogP contribution in [0.1, 0.15) is 42.6 Å². The van der Waals surface area contributed by atoms with Crippen molar-refractivity contribution in [3.63, 3.8) is 0 Å². The van der Waals surface area contributed by atoms with Crippen LogP contribution in [-0.2, 0) is 21.1 Å². The van der Waals surface area contributed by atoms with Gasteiger partial charge < -0.3 is 5.32 Å². The van der Waals surface area contributed by atoms with Crippen LogP contribution in [-0.4, -0.2) is 40.2 Å². The lowest BCUT2D eigenvalue weighted by molar-refractivity contribution is -0.123. The Morgan fingerprint density at radius 2 is 1.90 bits per heavy atom. The fourth-order valence-electron chi connectivity index (χ4n) is 4.28. The first-order chi connectivity index (χ1) is 14.3. The van der Waals surface area contributed by atoms with Crippen LogP contribution in [0, 0.1) is 13.8 Å². The Bertz CT molecular complexity index is 1190. The lowest BCUT2D eigenvalue weighted by Crippen LogP contribution is -2.51. The summed E-state index contributed by atoms with van der Waals surface area (Å²) in [6.07, 6.45) is 4.50. The Morgan fingerprint density at radius 3 is 2.67 bits per heavy atom. The number of carbonyl (C=O) groups is 1. The molecule has 1 aliphatic rings. The van der Waals surface area contributed by atoms with Gasteiger partial charge in [-0.05, 0) is 56.0 Å². The molecule has 0 atom stereocenters. The largest absolute Gasteiger partial charge is 0.354 e. The lowest BCUT2D eigenvalue weighted by atomic mass is 10.1. The molecule has 158 valence electrons. The number of rotatable bonds is 6. The van der Waals surface area contributed by atoms with E-state index in [0.717, 1.165) is 29.9 Å². The second-order valence-corrected chi connectivity index (χ2v) is 10.3. The molecule has 1 aromatic carbocycles. The Hall–Kier alpha value is -2.74. The minimum absolute atomic E-state index is 0.267. The lowest BCUT2D eigenvalue weighted by Gasteiger charge is -2.28. The number of benzene rings is 1. The molecule has 4 rings (SSSR count). The van der Waals surface area contributed by atoms with E-state index in [1.807, 2.05) is 41.8 Å². The summed E-state index contributed by atoms with van der Waals surface area (Å²) < 4.78 is 27.8. The molecule has 1 fully saturated rings. The predicted molar refractivity (Wildman–Crippen MR) is 114 cm³/mol. The first-order valence-corrected chi connectivity index (χ1v) is 11.7. The van der Waals surface area contributed by atoms with E-state index in [1.165, 1.54) is 0 Å². The number of hydrogen-bond donors (Lipinski definition) is 1. The van der Waals surface area contributed by atoms with Crippen molar-refractivity contribution in [3.8, 4) is 0 Å². The van der Waals surface area contributed by atoms with Crippen molar-refractivity contribution in [2.75, 3.05) is 6.54 Å². The van der Waals surface area contributed by atoms with Gasteiger partial charge in [0.1, 0.15) is 5.82 Å². The second kappa shape index (κ2) is 7.83. The van der Waals surface area contributed by atoms with Gasteiger partial charge in [0.25, 0.3) is 0 Å². The van der Waals surface area contributed by atoms with Crippen LogP contribution in [0.4, 0.5) is 0 Å². The zero-order valence-electron chi connectivity index (χ0n) is 17.3. The third kappa shape index (κ3) is 3.39. The number of amides is 1. The molecular formula is C22H26N4O3S. The second-order valence-electron chi connectivity index (χ2n) is 8.02. The van der Waals surface area contributed by atoms with Crippen LogP contribution in [0.25, 0.3) is 5.65 Å². The van der Waals surface area contributed by atoms with E-state index in [2.05, 4.69) is 15.5 Å². The van der Waals surface area contributed by atoms with Gasteiger partial charge in [-0.15, -0.1) is 10.2 Å². The Morgan fingerprint density at radius 1 is 1.13 bits per heavy atom. The van der Waals surface area contributed by atoms with Crippen molar-refractivity contribution in [2.45, 2.75) is 55.6 Å².